The van der Waals surface area contributed by atoms with Gasteiger partial charge in [-0.1, -0.05) is 26.0 Å². The molecule has 1 atom stereocenters. The third-order valence-electron chi connectivity index (χ3n) is 4.40. The van der Waals surface area contributed by atoms with Gasteiger partial charge in [-0.2, -0.15) is 0 Å². The second-order valence-corrected chi connectivity index (χ2v) is 6.30. The average molecular weight is 308 g/mol. The van der Waals surface area contributed by atoms with Crippen LogP contribution in [0, 0.1) is 10.8 Å². The van der Waals surface area contributed by atoms with E-state index in [0.29, 0.717) is 12.8 Å². The average Bonchev–Trinajstić information content (AvgIpc) is 2.89. The Balaban J connectivity index is 2.47. The maximum Gasteiger partial charge on any atom is 0.324 e. The highest BCUT2D eigenvalue weighted by molar-refractivity contribution is 7.11. The molecular formula is C16H20O4S. The van der Waals surface area contributed by atoms with E-state index in [4.69, 9.17) is 9.47 Å². The Morgan fingerprint density at radius 1 is 1.33 bits per heavy atom. The Morgan fingerprint density at radius 2 is 1.95 bits per heavy atom. The fourth-order valence-corrected chi connectivity index (χ4v) is 4.10. The smallest absolute Gasteiger partial charge is 0.324 e. The van der Waals surface area contributed by atoms with Crippen LogP contribution in [0.15, 0.2) is 24.1 Å². The first kappa shape index (κ1) is 15.8. The predicted octanol–water partition coefficient (Wildman–Crippen LogP) is 3.28. The summed E-state index contributed by atoms with van der Waals surface area (Å²) in [7, 11) is 2.60. The molecule has 2 rings (SSSR count). The van der Waals surface area contributed by atoms with E-state index in [2.05, 4.69) is 6.58 Å². The van der Waals surface area contributed by atoms with Crippen LogP contribution in [-0.4, -0.2) is 26.2 Å². The van der Waals surface area contributed by atoms with Crippen LogP contribution < -0.4 is 0 Å². The largest absolute Gasteiger partial charge is 0.468 e. The summed E-state index contributed by atoms with van der Waals surface area (Å²) in [5.41, 5.74) is -1.00. The molecule has 0 bridgehead atoms. The molecule has 0 aromatic carbocycles. The molecule has 1 saturated carbocycles. The normalized spacial score (nSPS) is 22.4. The number of carbonyl (C=O) groups is 2. The molecular weight excluding hydrogens is 288 g/mol. The molecule has 0 amide bonds. The van der Waals surface area contributed by atoms with Crippen LogP contribution in [0.3, 0.4) is 0 Å². The summed E-state index contributed by atoms with van der Waals surface area (Å²) in [5.74, 6) is -1.05. The predicted molar refractivity (Wildman–Crippen MR) is 81.8 cm³/mol. The third-order valence-corrected chi connectivity index (χ3v) is 5.33. The van der Waals surface area contributed by atoms with Crippen LogP contribution in [0.1, 0.15) is 31.1 Å². The van der Waals surface area contributed by atoms with Gasteiger partial charge in [-0.3, -0.25) is 9.59 Å². The lowest BCUT2D eigenvalue weighted by atomic mass is 9.82. The minimum atomic E-state index is -1.24. The van der Waals surface area contributed by atoms with Crippen LogP contribution in [-0.2, 0) is 19.1 Å². The molecule has 1 fully saturated rings. The number of ether oxygens (including phenoxy) is 2. The lowest BCUT2D eigenvalue weighted by Crippen LogP contribution is -2.34. The van der Waals surface area contributed by atoms with Crippen LogP contribution in [0.2, 0.25) is 0 Å². The zero-order valence-corrected chi connectivity index (χ0v) is 13.4. The number of thiophene rings is 1. The van der Waals surface area contributed by atoms with Gasteiger partial charge in [0.05, 0.1) is 14.2 Å². The summed E-state index contributed by atoms with van der Waals surface area (Å²) in [4.78, 5) is 25.6. The highest BCUT2D eigenvalue weighted by atomic mass is 32.1. The second kappa shape index (κ2) is 5.64. The molecule has 0 N–H and O–H groups in total. The Kier molecular flexibility index (Phi) is 4.23. The molecule has 0 radical (unpaired) electrons. The minimum Gasteiger partial charge on any atom is -0.468 e. The van der Waals surface area contributed by atoms with Crippen LogP contribution in [0.4, 0.5) is 0 Å². The van der Waals surface area contributed by atoms with Crippen molar-refractivity contribution < 1.29 is 19.1 Å². The van der Waals surface area contributed by atoms with E-state index in [9.17, 15) is 9.59 Å². The van der Waals surface area contributed by atoms with Gasteiger partial charge in [0.15, 0.2) is 5.41 Å². The van der Waals surface area contributed by atoms with E-state index in [1.165, 1.54) is 14.2 Å². The maximum absolute atomic E-state index is 12.3. The third kappa shape index (κ3) is 2.11. The second-order valence-electron chi connectivity index (χ2n) is 5.35. The number of hydrogen-bond acceptors (Lipinski definition) is 5. The van der Waals surface area contributed by atoms with Crippen molar-refractivity contribution in [2.45, 2.75) is 26.2 Å². The number of allylic oxidation sites excluding steroid dienone is 1. The van der Waals surface area contributed by atoms with E-state index < -0.39 is 22.8 Å². The molecule has 1 aromatic heterocycles. The monoisotopic (exact) mass is 308 g/mol. The SMILES string of the molecule is C=C(c1cccs1)C1(CCC)CC1(C(=O)OC)C(=O)OC. The molecule has 0 spiro atoms. The molecule has 5 heteroatoms. The van der Waals surface area contributed by atoms with E-state index in [1.807, 2.05) is 24.4 Å². The number of carbonyl (C=O) groups excluding carboxylic acids is 2. The number of rotatable bonds is 6. The zero-order valence-electron chi connectivity index (χ0n) is 12.6. The summed E-state index contributed by atoms with van der Waals surface area (Å²) in [5, 5.41) is 1.96. The molecule has 0 saturated heterocycles. The van der Waals surface area contributed by atoms with E-state index >= 15 is 0 Å². The highest BCUT2D eigenvalue weighted by Crippen LogP contribution is 2.73. The molecule has 1 heterocycles. The topological polar surface area (TPSA) is 52.6 Å². The van der Waals surface area contributed by atoms with Crippen molar-refractivity contribution in [3.8, 4) is 0 Å². The van der Waals surface area contributed by atoms with Crippen molar-refractivity contribution in [3.05, 3.63) is 29.0 Å². The van der Waals surface area contributed by atoms with Crippen molar-refractivity contribution in [3.63, 3.8) is 0 Å². The summed E-state index contributed by atoms with van der Waals surface area (Å²) in [6.45, 7) is 6.20. The van der Waals surface area contributed by atoms with Crippen molar-refractivity contribution in [1.29, 1.82) is 0 Å². The van der Waals surface area contributed by atoms with Crippen molar-refractivity contribution in [2.75, 3.05) is 14.2 Å². The quantitative estimate of drug-likeness (QED) is 0.598. The van der Waals surface area contributed by atoms with Gasteiger partial charge in [-0.25, -0.2) is 0 Å². The fraction of sp³-hybridized carbons (Fsp3) is 0.500. The Morgan fingerprint density at radius 3 is 2.38 bits per heavy atom. The van der Waals surface area contributed by atoms with Gasteiger partial charge in [-0.15, -0.1) is 11.3 Å². The lowest BCUT2D eigenvalue weighted by Gasteiger charge is -2.24. The highest BCUT2D eigenvalue weighted by Gasteiger charge is 2.78. The molecule has 4 nitrogen and oxygen atoms in total. The Labute approximate surface area is 128 Å². The molecule has 1 aromatic rings. The Bertz CT molecular complexity index is 545. The molecule has 1 unspecified atom stereocenters. The first-order valence-corrected chi connectivity index (χ1v) is 7.78. The molecule has 21 heavy (non-hydrogen) atoms. The first-order valence-electron chi connectivity index (χ1n) is 6.90. The summed E-state index contributed by atoms with van der Waals surface area (Å²) >= 11 is 1.56. The van der Waals surface area contributed by atoms with Gasteiger partial charge < -0.3 is 9.47 Å². The standard InChI is InChI=1S/C16H20O4S/c1-5-8-15(11(2)12-7-6-9-21-12)10-16(15,13(17)19-3)14(18)20-4/h6-7,9H,2,5,8,10H2,1,3-4H3. The van der Waals surface area contributed by atoms with Gasteiger partial charge >= 0.3 is 11.9 Å². The number of esters is 2. The maximum atomic E-state index is 12.3. The van der Waals surface area contributed by atoms with Gasteiger partial charge in [0.1, 0.15) is 0 Å². The van der Waals surface area contributed by atoms with Gasteiger partial charge in [0.2, 0.25) is 0 Å². The van der Waals surface area contributed by atoms with Crippen LogP contribution in [0.25, 0.3) is 5.57 Å². The van der Waals surface area contributed by atoms with Gasteiger partial charge in [0, 0.05) is 10.3 Å². The van der Waals surface area contributed by atoms with Gasteiger partial charge in [0.25, 0.3) is 0 Å². The zero-order chi connectivity index (χ0) is 15.7. The van der Waals surface area contributed by atoms with E-state index in [0.717, 1.165) is 16.9 Å². The minimum absolute atomic E-state index is 0.407. The fourth-order valence-electron chi connectivity index (χ4n) is 3.31. The lowest BCUT2D eigenvalue weighted by molar-refractivity contribution is -0.163. The molecule has 114 valence electrons. The number of methoxy groups -OCH3 is 2. The summed E-state index contributed by atoms with van der Waals surface area (Å²) in [6.07, 6.45) is 1.96. The van der Waals surface area contributed by atoms with Crippen LogP contribution in [0.5, 0.6) is 0 Å². The molecule has 0 aliphatic heterocycles. The summed E-state index contributed by atoms with van der Waals surface area (Å²) < 4.78 is 9.78. The van der Waals surface area contributed by atoms with Gasteiger partial charge in [-0.05, 0) is 29.9 Å². The van der Waals surface area contributed by atoms with E-state index in [1.54, 1.807) is 11.3 Å². The van der Waals surface area contributed by atoms with Crippen molar-refractivity contribution >= 4 is 28.8 Å². The van der Waals surface area contributed by atoms with Crippen molar-refractivity contribution in [2.24, 2.45) is 10.8 Å². The first-order chi connectivity index (χ1) is 10.00. The number of hydrogen-bond donors (Lipinski definition) is 0. The molecule has 1 aliphatic carbocycles. The van der Waals surface area contributed by atoms with Crippen LogP contribution >= 0.6 is 11.3 Å². The van der Waals surface area contributed by atoms with Crippen molar-refractivity contribution in [1.82, 2.24) is 0 Å². The molecule has 1 aliphatic rings. The van der Waals surface area contributed by atoms with E-state index in [-0.39, 0.29) is 0 Å². The Hall–Kier alpha value is -1.62. The summed E-state index contributed by atoms with van der Waals surface area (Å²) in [6, 6.07) is 3.90.